The quantitative estimate of drug-likeness (QED) is 0.101. The van der Waals surface area contributed by atoms with Crippen LogP contribution in [0.25, 0.3) is 0 Å². The van der Waals surface area contributed by atoms with Crippen LogP contribution in [0.4, 0.5) is 0 Å². The SMILES string of the molecule is CCCCCCCCCCCC(=O)[O-].[O-][C@H]1O[C@H](CO)[C@@H](O)[C@H](O)[C@H]1O[C@]1(CO)O[C@H](CO)[C@@H](O)[C@@H]1O. The summed E-state index contributed by atoms with van der Waals surface area (Å²) in [6.07, 6.45) is -2.13. The van der Waals surface area contributed by atoms with Crippen molar-refractivity contribution in [2.45, 2.75) is 126 Å². The van der Waals surface area contributed by atoms with Gasteiger partial charge in [0, 0.05) is 12.3 Å². The van der Waals surface area contributed by atoms with Gasteiger partial charge in [0.05, 0.1) is 13.2 Å². The van der Waals surface area contributed by atoms with E-state index < -0.39 is 80.6 Å². The number of rotatable bonds is 15. The number of aliphatic hydroxyl groups excluding tert-OH is 7. The van der Waals surface area contributed by atoms with Crippen molar-refractivity contribution in [2.75, 3.05) is 19.8 Å². The topological polar surface area (TPSA) is 232 Å². The molecule has 9 atom stereocenters. The van der Waals surface area contributed by atoms with E-state index in [1.807, 2.05) is 0 Å². The van der Waals surface area contributed by atoms with E-state index in [2.05, 4.69) is 6.92 Å². The number of carbonyl (C=O) groups is 1. The van der Waals surface area contributed by atoms with Gasteiger partial charge in [0.1, 0.15) is 49.3 Å². The zero-order valence-electron chi connectivity index (χ0n) is 21.4. The van der Waals surface area contributed by atoms with Crippen molar-refractivity contribution in [1.29, 1.82) is 0 Å². The Morgan fingerprint density at radius 1 is 0.838 bits per heavy atom. The molecular weight excluding hydrogens is 496 g/mol. The molecule has 0 unspecified atom stereocenters. The van der Waals surface area contributed by atoms with Gasteiger partial charge in [-0.2, -0.15) is 0 Å². The van der Waals surface area contributed by atoms with E-state index in [-0.39, 0.29) is 6.42 Å². The van der Waals surface area contributed by atoms with Crippen molar-refractivity contribution in [3.05, 3.63) is 0 Å². The Balaban J connectivity index is 0.000000422. The Labute approximate surface area is 217 Å². The Morgan fingerprint density at radius 3 is 1.84 bits per heavy atom. The van der Waals surface area contributed by atoms with Crippen LogP contribution in [0.2, 0.25) is 0 Å². The molecule has 0 radical (unpaired) electrons. The molecule has 0 amide bonds. The fourth-order valence-corrected chi connectivity index (χ4v) is 4.26. The highest BCUT2D eigenvalue weighted by atomic mass is 16.8. The first-order chi connectivity index (χ1) is 17.6. The minimum absolute atomic E-state index is 0.232. The summed E-state index contributed by atoms with van der Waals surface area (Å²) < 4.78 is 15.0. The zero-order chi connectivity index (χ0) is 28.0. The summed E-state index contributed by atoms with van der Waals surface area (Å²) in [5.74, 6) is -3.19. The second kappa shape index (κ2) is 17.6. The summed E-state index contributed by atoms with van der Waals surface area (Å²) >= 11 is 0. The molecule has 220 valence electrons. The molecule has 0 aromatic rings. The first-order valence-corrected chi connectivity index (χ1v) is 13.0. The predicted molar refractivity (Wildman–Crippen MR) is 123 cm³/mol. The molecule has 0 saturated carbocycles. The lowest BCUT2D eigenvalue weighted by atomic mass is 9.98. The van der Waals surface area contributed by atoms with Gasteiger partial charge in [0.15, 0.2) is 0 Å². The summed E-state index contributed by atoms with van der Waals surface area (Å²) in [5, 5.41) is 88.9. The summed E-state index contributed by atoms with van der Waals surface area (Å²) in [4.78, 5) is 10.1. The van der Waals surface area contributed by atoms with Crippen LogP contribution in [0.1, 0.15) is 71.1 Å². The Bertz CT molecular complexity index is 623. The van der Waals surface area contributed by atoms with Gasteiger partial charge >= 0.3 is 0 Å². The number of carboxylic acid groups (broad SMARTS) is 1. The Hall–Kier alpha value is -0.970. The largest absolute Gasteiger partial charge is 0.829 e. The maximum absolute atomic E-state index is 11.9. The van der Waals surface area contributed by atoms with Crippen molar-refractivity contribution < 1.29 is 65.0 Å². The molecule has 2 aliphatic rings. The average Bonchev–Trinajstić information content (AvgIpc) is 3.13. The van der Waals surface area contributed by atoms with Gasteiger partial charge in [-0.1, -0.05) is 58.3 Å². The minimum Gasteiger partial charge on any atom is -0.829 e. The number of hydrogen-bond donors (Lipinski definition) is 7. The van der Waals surface area contributed by atoms with Gasteiger partial charge in [-0.3, -0.25) is 0 Å². The Kier molecular flexibility index (Phi) is 16.2. The molecule has 2 fully saturated rings. The molecule has 0 aromatic heterocycles. The second-order valence-corrected chi connectivity index (χ2v) is 9.48. The molecule has 13 nitrogen and oxygen atoms in total. The first kappa shape index (κ1) is 34.1. The van der Waals surface area contributed by atoms with Crippen LogP contribution in [-0.4, -0.2) is 116 Å². The summed E-state index contributed by atoms with van der Waals surface area (Å²) in [6, 6.07) is 0. The van der Waals surface area contributed by atoms with Crippen LogP contribution < -0.4 is 10.2 Å². The number of carboxylic acids is 1. The van der Waals surface area contributed by atoms with Crippen molar-refractivity contribution in [3.63, 3.8) is 0 Å². The lowest BCUT2D eigenvalue weighted by Gasteiger charge is -2.48. The summed E-state index contributed by atoms with van der Waals surface area (Å²) in [5.41, 5.74) is 0. The number of aliphatic carboxylic acids is 1. The van der Waals surface area contributed by atoms with Crippen LogP contribution in [-0.2, 0) is 19.0 Å². The van der Waals surface area contributed by atoms with Crippen LogP contribution in [0.5, 0.6) is 0 Å². The van der Waals surface area contributed by atoms with E-state index in [4.69, 9.17) is 24.4 Å². The summed E-state index contributed by atoms with van der Waals surface area (Å²) in [7, 11) is 0. The maximum Gasteiger partial charge on any atom is 0.221 e. The zero-order valence-corrected chi connectivity index (χ0v) is 21.4. The molecule has 0 spiro atoms. The van der Waals surface area contributed by atoms with E-state index in [0.717, 1.165) is 12.8 Å². The fraction of sp³-hybridized carbons (Fsp3) is 0.958. The third-order valence-electron chi connectivity index (χ3n) is 6.55. The number of carbonyl (C=O) groups excluding carboxylic acids is 1. The molecule has 13 heteroatoms. The fourth-order valence-electron chi connectivity index (χ4n) is 4.26. The molecular formula is C24H44O13-2. The number of hydrogen-bond acceptors (Lipinski definition) is 13. The maximum atomic E-state index is 11.9. The van der Waals surface area contributed by atoms with Gasteiger partial charge in [-0.25, -0.2) is 0 Å². The molecule has 0 aliphatic carbocycles. The van der Waals surface area contributed by atoms with Gasteiger partial charge in [0.25, 0.3) is 0 Å². The highest BCUT2D eigenvalue weighted by Crippen LogP contribution is 2.35. The van der Waals surface area contributed by atoms with E-state index in [1.54, 1.807) is 0 Å². The predicted octanol–water partition coefficient (Wildman–Crippen LogP) is -3.37. The van der Waals surface area contributed by atoms with Gasteiger partial charge in [0.2, 0.25) is 5.79 Å². The summed E-state index contributed by atoms with van der Waals surface area (Å²) in [6.45, 7) is -0.181. The van der Waals surface area contributed by atoms with Crippen molar-refractivity contribution >= 4 is 5.97 Å². The Morgan fingerprint density at radius 2 is 1.38 bits per heavy atom. The molecule has 37 heavy (non-hydrogen) atoms. The molecule has 7 N–H and O–H groups in total. The van der Waals surface area contributed by atoms with Crippen molar-refractivity contribution in [1.82, 2.24) is 0 Å². The monoisotopic (exact) mass is 540 g/mol. The van der Waals surface area contributed by atoms with Gasteiger partial charge in [-0.05, 0) is 12.8 Å². The third-order valence-corrected chi connectivity index (χ3v) is 6.55. The molecule has 2 aliphatic heterocycles. The minimum atomic E-state index is -2.28. The van der Waals surface area contributed by atoms with Crippen LogP contribution >= 0.6 is 0 Å². The van der Waals surface area contributed by atoms with Gasteiger partial charge in [-0.15, -0.1) is 0 Å². The van der Waals surface area contributed by atoms with Crippen LogP contribution in [0, 0.1) is 0 Å². The number of unbranched alkanes of at least 4 members (excludes halogenated alkanes) is 8. The average molecular weight is 541 g/mol. The van der Waals surface area contributed by atoms with Crippen molar-refractivity contribution in [2.24, 2.45) is 0 Å². The lowest BCUT2D eigenvalue weighted by Crippen LogP contribution is -2.66. The molecule has 2 rings (SSSR count). The molecule has 2 saturated heterocycles. The van der Waals surface area contributed by atoms with Crippen LogP contribution in [0.3, 0.4) is 0 Å². The molecule has 0 bridgehead atoms. The standard InChI is InChI=1S/C12H21O11.C12H24O2/c13-1-4-6(16)8(18)9(11(20)21-4)23-12(3-15)10(19)7(17)5(2-14)22-12;1-2-3-4-5-6-7-8-9-10-11-12(13)14/h4-11,13-19H,1-3H2;2-11H2,1H3,(H,13,14)/q-1;/p-1/t4-,5-,6-,7-,8+,9-,10+,11+,12+;/m1./s1. The van der Waals surface area contributed by atoms with E-state index in [9.17, 15) is 40.5 Å². The van der Waals surface area contributed by atoms with E-state index in [1.165, 1.54) is 44.9 Å². The highest BCUT2D eigenvalue weighted by molar-refractivity contribution is 5.64. The third kappa shape index (κ3) is 10.3. The van der Waals surface area contributed by atoms with E-state index in [0.29, 0.717) is 0 Å². The number of aliphatic hydroxyl groups is 7. The normalized spacial score (nSPS) is 35.7. The first-order valence-electron chi connectivity index (χ1n) is 13.0. The molecule has 2 heterocycles. The smallest absolute Gasteiger partial charge is 0.221 e. The van der Waals surface area contributed by atoms with Gasteiger partial charge < -0.3 is 65.0 Å². The van der Waals surface area contributed by atoms with Crippen LogP contribution in [0.15, 0.2) is 0 Å². The second-order valence-electron chi connectivity index (χ2n) is 9.48. The van der Waals surface area contributed by atoms with Crippen molar-refractivity contribution in [3.8, 4) is 0 Å². The number of ether oxygens (including phenoxy) is 3. The van der Waals surface area contributed by atoms with E-state index >= 15 is 0 Å². The molecule has 0 aromatic carbocycles. The highest BCUT2D eigenvalue weighted by Gasteiger charge is 2.57. The lowest BCUT2D eigenvalue weighted by molar-refractivity contribution is -0.543.